The van der Waals surface area contributed by atoms with Crippen LogP contribution in [0.5, 0.6) is 0 Å². The van der Waals surface area contributed by atoms with Crippen LogP contribution >= 0.6 is 0 Å². The summed E-state index contributed by atoms with van der Waals surface area (Å²) in [5, 5.41) is 10.3. The third kappa shape index (κ3) is 1.64. The topological polar surface area (TPSA) is 46.2 Å². The summed E-state index contributed by atoms with van der Waals surface area (Å²) >= 11 is 0. The Morgan fingerprint density at radius 1 is 1.33 bits per heavy atom. The molecule has 0 aromatic heterocycles. The summed E-state index contributed by atoms with van der Waals surface area (Å²) in [7, 11) is 0. The van der Waals surface area contributed by atoms with E-state index in [0.29, 0.717) is 0 Å². The van der Waals surface area contributed by atoms with Crippen molar-refractivity contribution >= 4 is 0 Å². The van der Waals surface area contributed by atoms with Gasteiger partial charge in [-0.2, -0.15) is 0 Å². The van der Waals surface area contributed by atoms with Gasteiger partial charge in [0.25, 0.3) is 0 Å². The summed E-state index contributed by atoms with van der Waals surface area (Å²) in [5.41, 5.74) is 5.08. The van der Waals surface area contributed by atoms with Gasteiger partial charge < -0.3 is 10.8 Å². The molecule has 1 saturated carbocycles. The van der Waals surface area contributed by atoms with Gasteiger partial charge in [-0.3, -0.25) is 0 Å². The minimum Gasteiger partial charge on any atom is -0.388 e. The molecular formula is C10H21NO. The first kappa shape index (κ1) is 10.0. The fourth-order valence-electron chi connectivity index (χ4n) is 2.04. The molecule has 12 heavy (non-hydrogen) atoms. The average Bonchev–Trinajstić information content (AvgIpc) is 2.06. The molecule has 1 aliphatic carbocycles. The van der Waals surface area contributed by atoms with E-state index in [2.05, 4.69) is 0 Å². The van der Waals surface area contributed by atoms with Crippen molar-refractivity contribution in [1.29, 1.82) is 0 Å². The lowest BCUT2D eigenvalue weighted by Gasteiger charge is -2.44. The standard InChI is InChI=1S/C10H21NO/c1-3-9(2,11)10(12)7-5-4-6-8-10/h12H,3-8,11H2,1-2H3. The second kappa shape index (κ2) is 3.35. The summed E-state index contributed by atoms with van der Waals surface area (Å²) in [6.07, 6.45) is 6.12. The van der Waals surface area contributed by atoms with Crippen LogP contribution in [-0.4, -0.2) is 16.2 Å². The van der Waals surface area contributed by atoms with Gasteiger partial charge >= 0.3 is 0 Å². The number of hydrogen-bond donors (Lipinski definition) is 2. The Morgan fingerprint density at radius 2 is 1.83 bits per heavy atom. The van der Waals surface area contributed by atoms with Gasteiger partial charge in [0, 0.05) is 5.54 Å². The first-order valence-corrected chi connectivity index (χ1v) is 5.03. The minimum absolute atomic E-state index is 0.395. The maximum Gasteiger partial charge on any atom is 0.0823 e. The smallest absolute Gasteiger partial charge is 0.0823 e. The molecule has 3 N–H and O–H groups in total. The highest BCUT2D eigenvalue weighted by Crippen LogP contribution is 2.36. The van der Waals surface area contributed by atoms with Crippen LogP contribution in [0.4, 0.5) is 0 Å². The second-order valence-corrected chi connectivity index (χ2v) is 4.36. The first-order chi connectivity index (χ1) is 5.52. The molecule has 1 fully saturated rings. The molecule has 0 heterocycles. The molecule has 72 valence electrons. The molecule has 1 atom stereocenters. The van der Waals surface area contributed by atoms with Crippen molar-refractivity contribution in [3.8, 4) is 0 Å². The minimum atomic E-state index is -0.597. The summed E-state index contributed by atoms with van der Waals surface area (Å²) in [6, 6.07) is 0. The van der Waals surface area contributed by atoms with Crippen molar-refractivity contribution in [3.05, 3.63) is 0 Å². The molecule has 2 heteroatoms. The third-order valence-electron chi connectivity index (χ3n) is 3.48. The van der Waals surface area contributed by atoms with Gasteiger partial charge in [0.05, 0.1) is 5.60 Å². The van der Waals surface area contributed by atoms with Gasteiger partial charge in [-0.05, 0) is 26.2 Å². The normalized spacial score (nSPS) is 28.0. The van der Waals surface area contributed by atoms with Crippen molar-refractivity contribution < 1.29 is 5.11 Å². The maximum absolute atomic E-state index is 10.3. The zero-order valence-electron chi connectivity index (χ0n) is 8.27. The molecule has 1 unspecified atom stereocenters. The molecular weight excluding hydrogens is 150 g/mol. The largest absolute Gasteiger partial charge is 0.388 e. The van der Waals surface area contributed by atoms with Crippen molar-refractivity contribution in [1.82, 2.24) is 0 Å². The predicted molar refractivity (Wildman–Crippen MR) is 50.9 cm³/mol. The zero-order chi connectivity index (χ0) is 9.24. The Bertz CT molecular complexity index is 148. The maximum atomic E-state index is 10.3. The van der Waals surface area contributed by atoms with Crippen molar-refractivity contribution in [2.45, 2.75) is 63.5 Å². The molecule has 0 aromatic rings. The fraction of sp³-hybridized carbons (Fsp3) is 1.00. The van der Waals surface area contributed by atoms with Gasteiger partial charge in [-0.1, -0.05) is 26.2 Å². The fourth-order valence-corrected chi connectivity index (χ4v) is 2.04. The van der Waals surface area contributed by atoms with Crippen LogP contribution in [0.2, 0.25) is 0 Å². The van der Waals surface area contributed by atoms with Gasteiger partial charge in [0.2, 0.25) is 0 Å². The lowest BCUT2D eigenvalue weighted by Crippen LogP contribution is -2.58. The third-order valence-corrected chi connectivity index (χ3v) is 3.48. The van der Waals surface area contributed by atoms with Crippen LogP contribution in [-0.2, 0) is 0 Å². The van der Waals surface area contributed by atoms with E-state index in [4.69, 9.17) is 5.73 Å². The first-order valence-electron chi connectivity index (χ1n) is 5.03. The van der Waals surface area contributed by atoms with Crippen LogP contribution in [0.3, 0.4) is 0 Å². The van der Waals surface area contributed by atoms with E-state index in [9.17, 15) is 5.11 Å². The van der Waals surface area contributed by atoms with Crippen LogP contribution in [0, 0.1) is 0 Å². The molecule has 0 aromatic carbocycles. The molecule has 0 bridgehead atoms. The summed E-state index contributed by atoms with van der Waals surface area (Å²) in [4.78, 5) is 0. The van der Waals surface area contributed by atoms with Crippen LogP contribution in [0.1, 0.15) is 52.4 Å². The Morgan fingerprint density at radius 3 is 2.25 bits per heavy atom. The number of hydrogen-bond acceptors (Lipinski definition) is 2. The molecule has 0 saturated heterocycles. The zero-order valence-corrected chi connectivity index (χ0v) is 8.27. The van der Waals surface area contributed by atoms with Gasteiger partial charge in [-0.25, -0.2) is 0 Å². The van der Waals surface area contributed by atoms with E-state index in [-0.39, 0.29) is 0 Å². The molecule has 0 spiro atoms. The van der Waals surface area contributed by atoms with E-state index in [1.807, 2.05) is 13.8 Å². The quantitative estimate of drug-likeness (QED) is 0.665. The Kier molecular flexibility index (Phi) is 2.79. The summed E-state index contributed by atoms with van der Waals surface area (Å²) in [6.45, 7) is 4.02. The van der Waals surface area contributed by atoms with Gasteiger partial charge in [0.1, 0.15) is 0 Å². The SMILES string of the molecule is CCC(C)(N)C1(O)CCCCC1. The van der Waals surface area contributed by atoms with Gasteiger partial charge in [-0.15, -0.1) is 0 Å². The van der Waals surface area contributed by atoms with E-state index in [1.54, 1.807) is 0 Å². The second-order valence-electron chi connectivity index (χ2n) is 4.36. The van der Waals surface area contributed by atoms with E-state index in [0.717, 1.165) is 32.1 Å². The molecule has 1 aliphatic rings. The Hall–Kier alpha value is -0.0800. The highest BCUT2D eigenvalue weighted by molar-refractivity contribution is 5.00. The molecule has 0 radical (unpaired) electrons. The Balaban J connectivity index is 2.68. The van der Waals surface area contributed by atoms with E-state index < -0.39 is 11.1 Å². The highest BCUT2D eigenvalue weighted by Gasteiger charge is 2.43. The highest BCUT2D eigenvalue weighted by atomic mass is 16.3. The van der Waals surface area contributed by atoms with Crippen molar-refractivity contribution in [3.63, 3.8) is 0 Å². The number of aliphatic hydroxyl groups is 1. The van der Waals surface area contributed by atoms with Gasteiger partial charge in [0.15, 0.2) is 0 Å². The molecule has 0 amide bonds. The lowest BCUT2D eigenvalue weighted by atomic mass is 9.71. The predicted octanol–water partition coefficient (Wildman–Crippen LogP) is 1.81. The summed E-state index contributed by atoms with van der Waals surface area (Å²) in [5.74, 6) is 0. The monoisotopic (exact) mass is 171 g/mol. The number of rotatable bonds is 2. The average molecular weight is 171 g/mol. The molecule has 2 nitrogen and oxygen atoms in total. The van der Waals surface area contributed by atoms with E-state index >= 15 is 0 Å². The molecule has 0 aliphatic heterocycles. The Labute approximate surface area is 75.2 Å². The van der Waals surface area contributed by atoms with Crippen LogP contribution in [0.25, 0.3) is 0 Å². The van der Waals surface area contributed by atoms with Crippen molar-refractivity contribution in [2.24, 2.45) is 5.73 Å². The van der Waals surface area contributed by atoms with Crippen LogP contribution in [0.15, 0.2) is 0 Å². The van der Waals surface area contributed by atoms with Crippen LogP contribution < -0.4 is 5.73 Å². The lowest BCUT2D eigenvalue weighted by molar-refractivity contribution is -0.0593. The van der Waals surface area contributed by atoms with Crippen molar-refractivity contribution in [2.75, 3.05) is 0 Å². The van der Waals surface area contributed by atoms with E-state index in [1.165, 1.54) is 6.42 Å². The number of nitrogens with two attached hydrogens (primary N) is 1. The molecule has 1 rings (SSSR count). The summed E-state index contributed by atoms with van der Waals surface area (Å²) < 4.78 is 0.